The standard InChI is InChI=1S/C16H14BrCl2NO2/c1-10(14-7-4-12(18)8-15(14)19)20-16(21)9-22-13-5-2-11(17)3-6-13/h2-8,10H,9H2,1H3,(H,20,21)/t10-/m1/s1. The normalized spacial score (nSPS) is 11.8. The largest absolute Gasteiger partial charge is 0.484 e. The van der Waals surface area contributed by atoms with E-state index in [2.05, 4.69) is 21.2 Å². The molecule has 0 aliphatic carbocycles. The second kappa shape index (κ2) is 7.86. The molecule has 0 aliphatic heterocycles. The summed E-state index contributed by atoms with van der Waals surface area (Å²) in [5.41, 5.74) is 0.808. The molecule has 0 fully saturated rings. The van der Waals surface area contributed by atoms with Crippen LogP contribution in [0.25, 0.3) is 0 Å². The molecule has 116 valence electrons. The first-order valence-electron chi connectivity index (χ1n) is 6.58. The first-order valence-corrected chi connectivity index (χ1v) is 8.13. The van der Waals surface area contributed by atoms with Gasteiger partial charge in [0.2, 0.25) is 0 Å². The number of hydrogen-bond acceptors (Lipinski definition) is 2. The molecule has 2 rings (SSSR count). The predicted molar refractivity (Wildman–Crippen MR) is 92.7 cm³/mol. The van der Waals surface area contributed by atoms with Crippen molar-refractivity contribution < 1.29 is 9.53 Å². The van der Waals surface area contributed by atoms with Gasteiger partial charge in [-0.2, -0.15) is 0 Å². The van der Waals surface area contributed by atoms with Gasteiger partial charge in [-0.3, -0.25) is 4.79 Å². The molecule has 6 heteroatoms. The highest BCUT2D eigenvalue weighted by molar-refractivity contribution is 9.10. The fourth-order valence-corrected chi connectivity index (χ4v) is 2.73. The van der Waals surface area contributed by atoms with E-state index in [1.165, 1.54) is 0 Å². The Labute approximate surface area is 147 Å². The van der Waals surface area contributed by atoms with Crippen molar-refractivity contribution in [1.82, 2.24) is 5.32 Å². The minimum Gasteiger partial charge on any atom is -0.484 e. The van der Waals surface area contributed by atoms with E-state index in [0.29, 0.717) is 15.8 Å². The SMILES string of the molecule is C[C@@H](NC(=O)COc1ccc(Br)cc1)c1ccc(Cl)cc1Cl. The number of carbonyl (C=O) groups excluding carboxylic acids is 1. The second-order valence-electron chi connectivity index (χ2n) is 4.70. The van der Waals surface area contributed by atoms with E-state index < -0.39 is 0 Å². The van der Waals surface area contributed by atoms with Gasteiger partial charge in [0, 0.05) is 14.5 Å². The van der Waals surface area contributed by atoms with Crippen LogP contribution in [0.15, 0.2) is 46.9 Å². The fourth-order valence-electron chi connectivity index (χ4n) is 1.89. The molecule has 2 aromatic rings. The van der Waals surface area contributed by atoms with Crippen LogP contribution in [0.3, 0.4) is 0 Å². The van der Waals surface area contributed by atoms with Crippen LogP contribution in [0.5, 0.6) is 5.75 Å². The third-order valence-electron chi connectivity index (χ3n) is 2.99. The summed E-state index contributed by atoms with van der Waals surface area (Å²) >= 11 is 15.3. The molecule has 0 heterocycles. The zero-order chi connectivity index (χ0) is 16.1. The summed E-state index contributed by atoms with van der Waals surface area (Å²) in [5.74, 6) is 0.414. The van der Waals surface area contributed by atoms with Gasteiger partial charge in [-0.1, -0.05) is 45.2 Å². The van der Waals surface area contributed by atoms with Crippen LogP contribution in [0.4, 0.5) is 0 Å². The lowest BCUT2D eigenvalue weighted by Crippen LogP contribution is -2.31. The fraction of sp³-hybridized carbons (Fsp3) is 0.188. The topological polar surface area (TPSA) is 38.3 Å². The average molecular weight is 403 g/mol. The molecule has 0 spiro atoms. The van der Waals surface area contributed by atoms with Crippen LogP contribution in [0.2, 0.25) is 10.0 Å². The molecule has 1 amide bonds. The number of hydrogen-bond donors (Lipinski definition) is 1. The van der Waals surface area contributed by atoms with Gasteiger partial charge in [-0.25, -0.2) is 0 Å². The van der Waals surface area contributed by atoms with Crippen molar-refractivity contribution in [3.05, 3.63) is 62.5 Å². The van der Waals surface area contributed by atoms with Gasteiger partial charge in [-0.15, -0.1) is 0 Å². The molecule has 1 atom stereocenters. The number of ether oxygens (including phenoxy) is 1. The number of carbonyl (C=O) groups is 1. The van der Waals surface area contributed by atoms with Gasteiger partial charge < -0.3 is 10.1 Å². The Morgan fingerprint density at radius 2 is 1.91 bits per heavy atom. The Bertz CT molecular complexity index is 662. The monoisotopic (exact) mass is 401 g/mol. The average Bonchev–Trinajstić information content (AvgIpc) is 2.46. The van der Waals surface area contributed by atoms with Crippen molar-refractivity contribution in [2.24, 2.45) is 0 Å². The molecular formula is C16H14BrCl2NO2. The van der Waals surface area contributed by atoms with E-state index in [9.17, 15) is 4.79 Å². The molecule has 0 radical (unpaired) electrons. The van der Waals surface area contributed by atoms with E-state index >= 15 is 0 Å². The van der Waals surface area contributed by atoms with Crippen LogP contribution >= 0.6 is 39.1 Å². The lowest BCUT2D eigenvalue weighted by molar-refractivity contribution is -0.123. The summed E-state index contributed by atoms with van der Waals surface area (Å²) in [7, 11) is 0. The molecule has 0 aliphatic rings. The number of rotatable bonds is 5. The van der Waals surface area contributed by atoms with Crippen molar-refractivity contribution in [2.45, 2.75) is 13.0 Å². The summed E-state index contributed by atoms with van der Waals surface area (Å²) in [5, 5.41) is 3.92. The van der Waals surface area contributed by atoms with E-state index in [1.807, 2.05) is 19.1 Å². The number of halogens is 3. The summed E-state index contributed by atoms with van der Waals surface area (Å²) in [6, 6.07) is 12.2. The molecule has 0 unspecified atom stereocenters. The number of benzene rings is 2. The van der Waals surface area contributed by atoms with Gasteiger partial charge in [0.05, 0.1) is 6.04 Å². The Balaban J connectivity index is 1.89. The highest BCUT2D eigenvalue weighted by Gasteiger charge is 2.13. The molecule has 0 saturated heterocycles. The van der Waals surface area contributed by atoms with Gasteiger partial charge in [0.25, 0.3) is 5.91 Å². The minimum absolute atomic E-state index is 0.0584. The van der Waals surface area contributed by atoms with E-state index in [0.717, 1.165) is 10.0 Å². The summed E-state index contributed by atoms with van der Waals surface area (Å²) in [6.45, 7) is 1.80. The van der Waals surface area contributed by atoms with Crippen molar-refractivity contribution in [3.8, 4) is 5.75 Å². The highest BCUT2D eigenvalue weighted by atomic mass is 79.9. The lowest BCUT2D eigenvalue weighted by atomic mass is 10.1. The zero-order valence-corrected chi connectivity index (χ0v) is 14.9. The maximum atomic E-state index is 11.9. The third kappa shape index (κ3) is 4.90. The maximum absolute atomic E-state index is 11.9. The van der Waals surface area contributed by atoms with Crippen molar-refractivity contribution >= 4 is 45.0 Å². The third-order valence-corrected chi connectivity index (χ3v) is 4.08. The van der Waals surface area contributed by atoms with Crippen LogP contribution in [-0.2, 0) is 4.79 Å². The summed E-state index contributed by atoms with van der Waals surface area (Å²) < 4.78 is 6.38. The van der Waals surface area contributed by atoms with Gasteiger partial charge in [0.1, 0.15) is 5.75 Å². The van der Waals surface area contributed by atoms with Gasteiger partial charge >= 0.3 is 0 Å². The minimum atomic E-state index is -0.231. The maximum Gasteiger partial charge on any atom is 0.258 e. The Hall–Kier alpha value is -1.23. The summed E-state index contributed by atoms with van der Waals surface area (Å²) in [4.78, 5) is 11.9. The Morgan fingerprint density at radius 3 is 2.55 bits per heavy atom. The molecule has 1 N–H and O–H groups in total. The molecule has 0 saturated carbocycles. The van der Waals surface area contributed by atoms with Crippen molar-refractivity contribution in [1.29, 1.82) is 0 Å². The first-order chi connectivity index (χ1) is 10.5. The lowest BCUT2D eigenvalue weighted by Gasteiger charge is -2.16. The quantitative estimate of drug-likeness (QED) is 0.762. The van der Waals surface area contributed by atoms with Crippen LogP contribution in [0, 0.1) is 0 Å². The first kappa shape index (κ1) is 17.1. The van der Waals surface area contributed by atoms with Crippen LogP contribution < -0.4 is 10.1 Å². The van der Waals surface area contributed by atoms with Crippen LogP contribution in [0.1, 0.15) is 18.5 Å². The van der Waals surface area contributed by atoms with Crippen molar-refractivity contribution in [3.63, 3.8) is 0 Å². The van der Waals surface area contributed by atoms with Gasteiger partial charge in [-0.05, 0) is 48.9 Å². The molecule has 0 bridgehead atoms. The molecular weight excluding hydrogens is 389 g/mol. The Kier molecular flexibility index (Phi) is 6.12. The van der Waals surface area contributed by atoms with Crippen LogP contribution in [-0.4, -0.2) is 12.5 Å². The second-order valence-corrected chi connectivity index (χ2v) is 6.46. The van der Waals surface area contributed by atoms with E-state index in [1.54, 1.807) is 30.3 Å². The molecule has 22 heavy (non-hydrogen) atoms. The predicted octanol–water partition coefficient (Wildman–Crippen LogP) is 5.01. The number of nitrogens with one attached hydrogen (secondary N) is 1. The van der Waals surface area contributed by atoms with E-state index in [-0.39, 0.29) is 18.6 Å². The van der Waals surface area contributed by atoms with Crippen molar-refractivity contribution in [2.75, 3.05) is 6.61 Å². The number of amides is 1. The van der Waals surface area contributed by atoms with E-state index in [4.69, 9.17) is 27.9 Å². The smallest absolute Gasteiger partial charge is 0.258 e. The van der Waals surface area contributed by atoms with Gasteiger partial charge in [0.15, 0.2) is 6.61 Å². The molecule has 3 nitrogen and oxygen atoms in total. The summed E-state index contributed by atoms with van der Waals surface area (Å²) in [6.07, 6.45) is 0. The molecule has 2 aromatic carbocycles. The zero-order valence-electron chi connectivity index (χ0n) is 11.8. The highest BCUT2D eigenvalue weighted by Crippen LogP contribution is 2.26. The Morgan fingerprint density at radius 1 is 1.23 bits per heavy atom. The molecule has 0 aromatic heterocycles.